The summed E-state index contributed by atoms with van der Waals surface area (Å²) in [6.07, 6.45) is -2.82. The highest BCUT2D eigenvalue weighted by Gasteiger charge is 2.15. The van der Waals surface area contributed by atoms with Crippen molar-refractivity contribution in [3.05, 3.63) is 35.5 Å². The highest BCUT2D eigenvalue weighted by molar-refractivity contribution is 5.91. The van der Waals surface area contributed by atoms with Gasteiger partial charge in [0.05, 0.1) is 11.2 Å². The first-order chi connectivity index (χ1) is 8.02. The number of hydrogen-bond acceptors (Lipinski definition) is 3. The number of nitrogens with zero attached hydrogens (tertiary/aromatic N) is 1. The summed E-state index contributed by atoms with van der Waals surface area (Å²) in [4.78, 5) is 3.53. The summed E-state index contributed by atoms with van der Waals surface area (Å²) in [7, 11) is 0. The molecule has 0 radical (unpaired) electrons. The molecular formula is C10H7F4N3. The second-order valence-electron chi connectivity index (χ2n) is 3.32. The van der Waals surface area contributed by atoms with Crippen molar-refractivity contribution >= 4 is 16.6 Å². The molecule has 90 valence electrons. The molecule has 0 amide bonds. The molecule has 0 unspecified atom stereocenters. The molecule has 1 aromatic heterocycles. The van der Waals surface area contributed by atoms with Gasteiger partial charge in [-0.2, -0.15) is 0 Å². The fourth-order valence-corrected chi connectivity index (χ4v) is 1.47. The van der Waals surface area contributed by atoms with Crippen LogP contribution in [0.4, 0.5) is 23.2 Å². The lowest BCUT2D eigenvalue weighted by Crippen LogP contribution is -2.09. The Balaban J connectivity index is 2.78. The third-order valence-electron chi connectivity index (χ3n) is 2.25. The van der Waals surface area contributed by atoms with E-state index < -0.39 is 23.8 Å². The zero-order valence-electron chi connectivity index (χ0n) is 8.35. The van der Waals surface area contributed by atoms with Crippen LogP contribution >= 0.6 is 0 Å². The molecule has 0 aliphatic carbocycles. The number of benzene rings is 1. The number of nitrogens with two attached hydrogens (primary N) is 1. The predicted molar refractivity (Wildman–Crippen MR) is 54.4 cm³/mol. The van der Waals surface area contributed by atoms with Gasteiger partial charge in [0.2, 0.25) is 0 Å². The average Bonchev–Trinajstić information content (AvgIpc) is 2.29. The van der Waals surface area contributed by atoms with Crippen molar-refractivity contribution in [2.75, 3.05) is 5.43 Å². The number of nitrogen functional groups attached to an aromatic ring is 1. The summed E-state index contributed by atoms with van der Waals surface area (Å²) in [5.41, 5.74) is 1.56. The molecule has 1 aromatic carbocycles. The van der Waals surface area contributed by atoms with Crippen molar-refractivity contribution in [1.29, 1.82) is 0 Å². The summed E-state index contributed by atoms with van der Waals surface area (Å²) in [5.74, 6) is 2.88. The molecule has 0 aliphatic heterocycles. The van der Waals surface area contributed by atoms with Crippen molar-refractivity contribution < 1.29 is 17.6 Å². The zero-order valence-corrected chi connectivity index (χ0v) is 8.35. The van der Waals surface area contributed by atoms with E-state index in [1.165, 1.54) is 0 Å². The molecule has 2 aromatic rings. The Kier molecular flexibility index (Phi) is 2.84. The Morgan fingerprint density at radius 1 is 1.12 bits per heavy atom. The number of hydrazine groups is 1. The highest BCUT2D eigenvalue weighted by Crippen LogP contribution is 2.28. The number of anilines is 1. The molecule has 0 fully saturated rings. The SMILES string of the molecule is NNc1cc(C(F)F)nc2cc(F)c(F)cc12. The van der Waals surface area contributed by atoms with E-state index in [1.54, 1.807) is 0 Å². The molecular weight excluding hydrogens is 238 g/mol. The average molecular weight is 245 g/mol. The molecule has 1 heterocycles. The standard InChI is InChI=1S/C10H7F4N3/c11-5-1-4-7(2-6(5)12)16-9(10(13)14)3-8(4)17-15/h1-3,10H,15H2,(H,16,17). The molecule has 3 nitrogen and oxygen atoms in total. The number of rotatable bonds is 2. The third kappa shape index (κ3) is 2.01. The van der Waals surface area contributed by atoms with Crippen LogP contribution < -0.4 is 11.3 Å². The number of alkyl halides is 2. The number of aromatic nitrogens is 1. The summed E-state index contributed by atoms with van der Waals surface area (Å²) in [6.45, 7) is 0. The molecule has 17 heavy (non-hydrogen) atoms. The van der Waals surface area contributed by atoms with Gasteiger partial charge < -0.3 is 5.43 Å². The van der Waals surface area contributed by atoms with Gasteiger partial charge in [-0.05, 0) is 12.1 Å². The van der Waals surface area contributed by atoms with Gasteiger partial charge in [0.25, 0.3) is 6.43 Å². The summed E-state index contributed by atoms with van der Waals surface area (Å²) in [6, 6.07) is 2.59. The lowest BCUT2D eigenvalue weighted by molar-refractivity contribution is 0.146. The Labute approximate surface area is 93.2 Å². The van der Waals surface area contributed by atoms with E-state index in [-0.39, 0.29) is 16.6 Å². The predicted octanol–water partition coefficient (Wildman–Crippen LogP) is 2.74. The number of pyridine rings is 1. The largest absolute Gasteiger partial charge is 0.323 e. The Hall–Kier alpha value is -1.89. The van der Waals surface area contributed by atoms with Gasteiger partial charge in [0.1, 0.15) is 5.69 Å². The number of hydrogen-bond donors (Lipinski definition) is 2. The molecule has 3 N–H and O–H groups in total. The Bertz CT molecular complexity index is 571. The van der Waals surface area contributed by atoms with Crippen LogP contribution in [0.2, 0.25) is 0 Å². The minimum atomic E-state index is -2.82. The fraction of sp³-hybridized carbons (Fsp3) is 0.100. The van der Waals surface area contributed by atoms with Crippen LogP contribution in [0.5, 0.6) is 0 Å². The van der Waals surface area contributed by atoms with Crippen molar-refractivity contribution in [1.82, 2.24) is 4.98 Å². The summed E-state index contributed by atoms with van der Waals surface area (Å²) in [5, 5.41) is 0.135. The number of halogens is 4. The smallest absolute Gasteiger partial charge is 0.280 e. The molecule has 0 saturated carbocycles. The minimum absolute atomic E-state index is 0.0594. The van der Waals surface area contributed by atoms with Gasteiger partial charge in [-0.15, -0.1) is 0 Å². The van der Waals surface area contributed by atoms with Gasteiger partial charge in [-0.1, -0.05) is 0 Å². The minimum Gasteiger partial charge on any atom is -0.323 e. The maximum atomic E-state index is 13.0. The fourth-order valence-electron chi connectivity index (χ4n) is 1.47. The quantitative estimate of drug-likeness (QED) is 0.486. The van der Waals surface area contributed by atoms with E-state index in [2.05, 4.69) is 10.4 Å². The van der Waals surface area contributed by atoms with E-state index >= 15 is 0 Å². The van der Waals surface area contributed by atoms with Crippen LogP contribution in [0.15, 0.2) is 18.2 Å². The number of fused-ring (bicyclic) bond motifs is 1. The first kappa shape index (κ1) is 11.6. The van der Waals surface area contributed by atoms with Gasteiger partial charge in [0, 0.05) is 11.5 Å². The molecule has 0 atom stereocenters. The van der Waals surface area contributed by atoms with E-state index in [0.29, 0.717) is 0 Å². The van der Waals surface area contributed by atoms with Crippen LogP contribution in [-0.4, -0.2) is 4.98 Å². The first-order valence-corrected chi connectivity index (χ1v) is 4.57. The van der Waals surface area contributed by atoms with Crippen molar-refractivity contribution in [3.8, 4) is 0 Å². The second kappa shape index (κ2) is 4.17. The molecule has 0 bridgehead atoms. The van der Waals surface area contributed by atoms with Crippen molar-refractivity contribution in [2.45, 2.75) is 6.43 Å². The zero-order chi connectivity index (χ0) is 12.6. The maximum Gasteiger partial charge on any atom is 0.280 e. The topological polar surface area (TPSA) is 50.9 Å². The number of nitrogens with one attached hydrogen (secondary N) is 1. The lowest BCUT2D eigenvalue weighted by Gasteiger charge is -2.08. The molecule has 2 rings (SSSR count). The summed E-state index contributed by atoms with van der Waals surface area (Å²) < 4.78 is 51.0. The molecule has 0 spiro atoms. The third-order valence-corrected chi connectivity index (χ3v) is 2.25. The molecule has 0 aliphatic rings. The van der Waals surface area contributed by atoms with Crippen LogP contribution in [0.3, 0.4) is 0 Å². The lowest BCUT2D eigenvalue weighted by atomic mass is 10.1. The van der Waals surface area contributed by atoms with E-state index in [0.717, 1.165) is 18.2 Å². The second-order valence-corrected chi connectivity index (χ2v) is 3.32. The highest BCUT2D eigenvalue weighted by atomic mass is 19.3. The van der Waals surface area contributed by atoms with Gasteiger partial charge in [-0.25, -0.2) is 22.5 Å². The maximum absolute atomic E-state index is 13.0. The Morgan fingerprint density at radius 2 is 1.76 bits per heavy atom. The molecule has 7 heteroatoms. The summed E-state index contributed by atoms with van der Waals surface area (Å²) >= 11 is 0. The van der Waals surface area contributed by atoms with E-state index in [4.69, 9.17) is 5.84 Å². The molecule has 0 saturated heterocycles. The van der Waals surface area contributed by atoms with Crippen LogP contribution in [0.25, 0.3) is 10.9 Å². The van der Waals surface area contributed by atoms with E-state index in [1.807, 2.05) is 0 Å². The Morgan fingerprint density at radius 3 is 2.35 bits per heavy atom. The van der Waals surface area contributed by atoms with Gasteiger partial charge in [0.15, 0.2) is 11.6 Å². The normalized spacial score (nSPS) is 11.2. The van der Waals surface area contributed by atoms with Crippen molar-refractivity contribution in [3.63, 3.8) is 0 Å². The van der Waals surface area contributed by atoms with Crippen LogP contribution in [0, 0.1) is 11.6 Å². The first-order valence-electron chi connectivity index (χ1n) is 4.57. The van der Waals surface area contributed by atoms with Crippen LogP contribution in [-0.2, 0) is 0 Å². The monoisotopic (exact) mass is 245 g/mol. The van der Waals surface area contributed by atoms with Crippen LogP contribution in [0.1, 0.15) is 12.1 Å². The van der Waals surface area contributed by atoms with E-state index in [9.17, 15) is 17.6 Å². The van der Waals surface area contributed by atoms with Crippen molar-refractivity contribution in [2.24, 2.45) is 5.84 Å². The van der Waals surface area contributed by atoms with Gasteiger partial charge >= 0.3 is 0 Å². The van der Waals surface area contributed by atoms with Gasteiger partial charge in [-0.3, -0.25) is 5.84 Å².